The molecule has 4 aromatic heterocycles. The van der Waals surface area contributed by atoms with Crippen molar-refractivity contribution in [2.45, 2.75) is 116 Å². The number of carbonyl (C=O) groups excluding carboxylic acids is 2. The van der Waals surface area contributed by atoms with E-state index in [0.29, 0.717) is 47.0 Å². The summed E-state index contributed by atoms with van der Waals surface area (Å²) in [4.78, 5) is 86.9. The fourth-order valence-electron chi connectivity index (χ4n) is 8.61. The Kier molecular flexibility index (Phi) is 13.6. The van der Waals surface area contributed by atoms with Crippen LogP contribution < -0.4 is 32.3 Å². The number of nitrogen functional groups attached to an aromatic ring is 2. The Labute approximate surface area is 360 Å². The number of nitrogens with one attached hydrogen (secondary N) is 2. The number of H-pyrrole nitrogens is 2. The molecule has 4 aromatic rings. The van der Waals surface area contributed by atoms with Gasteiger partial charge in [0.2, 0.25) is 22.8 Å². The second-order valence-electron chi connectivity index (χ2n) is 16.8. The number of aromatic amines is 2. The summed E-state index contributed by atoms with van der Waals surface area (Å²) in [5.41, 5.74) is 9.04. The molecule has 2 aliphatic carbocycles. The van der Waals surface area contributed by atoms with Gasteiger partial charge in [-0.2, -0.15) is 9.97 Å². The maximum atomic E-state index is 12.8. The Bertz CT molecular complexity index is 2290. The normalized spacial score (nSPS) is 29.5. The number of anilines is 2. The molecule has 22 heteroatoms. The third-order valence-electron chi connectivity index (χ3n) is 11.7. The molecule has 0 aromatic carbocycles. The van der Waals surface area contributed by atoms with Gasteiger partial charge < -0.3 is 30.4 Å². The van der Waals surface area contributed by atoms with Crippen LogP contribution in [0.3, 0.4) is 0 Å². The highest BCUT2D eigenvalue weighted by atomic mass is 32.2. The highest BCUT2D eigenvalue weighted by Crippen LogP contribution is 2.40. The minimum Gasteiger partial charge on any atom is -0.459 e. The molecule has 2 aliphatic heterocycles. The van der Waals surface area contributed by atoms with Crippen LogP contribution >= 0.6 is 46.2 Å². The highest BCUT2D eigenvalue weighted by Gasteiger charge is 2.41. The lowest BCUT2D eigenvalue weighted by Crippen LogP contribution is -2.38. The maximum absolute atomic E-state index is 12.8. The van der Waals surface area contributed by atoms with E-state index in [2.05, 4.69) is 61.5 Å². The number of nitrogens with zero attached hydrogens (tertiary/aromatic N) is 4. The second kappa shape index (κ2) is 18.3. The van der Waals surface area contributed by atoms with Crippen molar-refractivity contribution in [2.24, 2.45) is 35.5 Å². The van der Waals surface area contributed by atoms with Gasteiger partial charge in [-0.05, 0) is 61.2 Å². The molecule has 8 rings (SSSR count). The van der Waals surface area contributed by atoms with Gasteiger partial charge in [0.1, 0.15) is 21.6 Å². The molecule has 6 N–H and O–H groups in total. The van der Waals surface area contributed by atoms with Gasteiger partial charge in [0.05, 0.1) is 0 Å². The summed E-state index contributed by atoms with van der Waals surface area (Å²) < 4.78 is 26.5. The number of fused-ring (bicyclic) bond motifs is 2. The average molecular weight is 909 g/mol. The van der Waals surface area contributed by atoms with Gasteiger partial charge in [0.15, 0.2) is 23.8 Å². The molecule has 0 spiro atoms. The number of rotatable bonds is 8. The van der Waals surface area contributed by atoms with Gasteiger partial charge in [-0.1, -0.05) is 77.1 Å². The lowest BCUT2D eigenvalue weighted by atomic mass is 9.75. The SMILES string of the molecule is CC(C)[C@@H]1CC[C@@H](C)C[C@H]1OC(=O)[C@H]1O[C@@H](n2c(=O)sc3c(=O)[nH]c(N)nc32)CS1.CC(C)[C@@H]1CC[C@@H](C)C[C@H]1OC(=O)[C@H]1O[C@H](n2c(=O)sc3c(=O)[nH]c(N)nc32)CS1. The quantitative estimate of drug-likeness (QED) is 0.176. The van der Waals surface area contributed by atoms with Crippen molar-refractivity contribution in [2.75, 3.05) is 23.0 Å². The highest BCUT2D eigenvalue weighted by molar-refractivity contribution is 8.00. The first-order chi connectivity index (χ1) is 28.5. The van der Waals surface area contributed by atoms with E-state index in [4.69, 9.17) is 30.4 Å². The summed E-state index contributed by atoms with van der Waals surface area (Å²) in [6.45, 7) is 13.0. The zero-order valence-electron chi connectivity index (χ0n) is 34.2. The summed E-state index contributed by atoms with van der Waals surface area (Å²) in [6, 6.07) is 0. The summed E-state index contributed by atoms with van der Waals surface area (Å²) in [5, 5.41) is 0. The Balaban J connectivity index is 0.000000181. The lowest BCUT2D eigenvalue weighted by Gasteiger charge is -2.37. The van der Waals surface area contributed by atoms with Crippen LogP contribution in [0.15, 0.2) is 19.2 Å². The third-order valence-corrected chi connectivity index (χ3v) is 15.8. The van der Waals surface area contributed by atoms with Crippen LogP contribution in [-0.4, -0.2) is 75.6 Å². The van der Waals surface area contributed by atoms with Crippen molar-refractivity contribution in [1.29, 1.82) is 0 Å². The first kappa shape index (κ1) is 44.4. The van der Waals surface area contributed by atoms with Crippen molar-refractivity contribution in [1.82, 2.24) is 29.1 Å². The molecule has 6 heterocycles. The predicted molar refractivity (Wildman–Crippen MR) is 233 cm³/mol. The molecule has 2 saturated heterocycles. The predicted octanol–water partition coefficient (Wildman–Crippen LogP) is 4.64. The number of hydrogen-bond donors (Lipinski definition) is 4. The van der Waals surface area contributed by atoms with Crippen LogP contribution in [0, 0.1) is 35.5 Å². The van der Waals surface area contributed by atoms with Gasteiger partial charge in [-0.15, -0.1) is 23.5 Å². The Morgan fingerprint density at radius 2 is 1.07 bits per heavy atom. The van der Waals surface area contributed by atoms with Crippen molar-refractivity contribution >= 4 is 90.7 Å². The summed E-state index contributed by atoms with van der Waals surface area (Å²) in [5.74, 6) is 2.36. The van der Waals surface area contributed by atoms with Gasteiger partial charge in [0, 0.05) is 11.5 Å². The fourth-order valence-corrected chi connectivity index (χ4v) is 12.3. The van der Waals surface area contributed by atoms with Crippen molar-refractivity contribution in [3.8, 4) is 0 Å². The van der Waals surface area contributed by atoms with E-state index < -0.39 is 46.4 Å². The average Bonchev–Trinajstić information content (AvgIpc) is 3.97. The van der Waals surface area contributed by atoms with Gasteiger partial charge in [-0.25, -0.2) is 9.59 Å². The molecule has 2 saturated carbocycles. The third kappa shape index (κ3) is 9.37. The number of esters is 2. The molecule has 0 unspecified atom stereocenters. The first-order valence-corrected chi connectivity index (χ1v) is 24.0. The standard InChI is InChI=1S/2C19H26N4O5S2/c2*1-8(2)10-5-4-9(3)6-11(10)27-16(25)17-28-12(7-29-17)23-14-13(30-19(23)26)15(24)22-18(20)21-14/h2*8-12,17H,4-7H2,1-3H3,(H3,20,21,22,24)/t9-,10+,11-,12+,17+;9-,10+,11-,12-,17+/m11/s1. The molecule has 60 heavy (non-hydrogen) atoms. The smallest absolute Gasteiger partial charge is 0.346 e. The second-order valence-corrected chi connectivity index (χ2v) is 20.9. The fraction of sp³-hybridized carbons (Fsp3) is 0.684. The number of carbonyl (C=O) groups is 2. The molecule has 0 amide bonds. The Morgan fingerprint density at radius 1 is 0.683 bits per heavy atom. The van der Waals surface area contributed by atoms with Gasteiger partial charge in [0.25, 0.3) is 11.1 Å². The van der Waals surface area contributed by atoms with Crippen molar-refractivity contribution in [3.63, 3.8) is 0 Å². The zero-order valence-corrected chi connectivity index (χ0v) is 37.5. The zero-order chi connectivity index (χ0) is 43.2. The Morgan fingerprint density at radius 3 is 1.43 bits per heavy atom. The van der Waals surface area contributed by atoms with Crippen molar-refractivity contribution < 1.29 is 28.5 Å². The summed E-state index contributed by atoms with van der Waals surface area (Å²) in [6.07, 6.45) is 4.46. The lowest BCUT2D eigenvalue weighted by molar-refractivity contribution is -0.166. The monoisotopic (exact) mass is 908 g/mol. The number of nitrogens with two attached hydrogens (primary N) is 2. The van der Waals surface area contributed by atoms with E-state index in [0.717, 1.165) is 61.2 Å². The minimum absolute atomic E-state index is 0.0770. The minimum atomic E-state index is -0.818. The summed E-state index contributed by atoms with van der Waals surface area (Å²) in [7, 11) is 0. The van der Waals surface area contributed by atoms with Crippen LogP contribution in [0.25, 0.3) is 20.7 Å². The van der Waals surface area contributed by atoms with Crippen molar-refractivity contribution in [3.05, 3.63) is 40.0 Å². The van der Waals surface area contributed by atoms with Gasteiger partial charge in [-0.3, -0.25) is 38.3 Å². The molecule has 10 atom stereocenters. The number of thioether (sulfide) groups is 2. The van der Waals surface area contributed by atoms with Crippen LogP contribution in [0.1, 0.15) is 92.5 Å². The molecular formula is C38H52N8O10S4. The largest absolute Gasteiger partial charge is 0.459 e. The number of thiazole rings is 2. The molecule has 4 aliphatic rings. The van der Waals surface area contributed by atoms with E-state index in [-0.39, 0.29) is 54.5 Å². The molecular weight excluding hydrogens is 857 g/mol. The summed E-state index contributed by atoms with van der Waals surface area (Å²) >= 11 is 4.14. The van der Waals surface area contributed by atoms with Crippen LogP contribution in [0.2, 0.25) is 0 Å². The van der Waals surface area contributed by atoms with Crippen LogP contribution in [0.4, 0.5) is 11.9 Å². The topological polar surface area (TPSA) is 259 Å². The van der Waals surface area contributed by atoms with E-state index in [9.17, 15) is 28.8 Å². The number of aromatic nitrogens is 6. The van der Waals surface area contributed by atoms with E-state index in [1.54, 1.807) is 0 Å². The first-order valence-electron chi connectivity index (χ1n) is 20.3. The van der Waals surface area contributed by atoms with Crippen LogP contribution in [-0.2, 0) is 28.5 Å². The molecule has 0 radical (unpaired) electrons. The maximum Gasteiger partial charge on any atom is 0.346 e. The van der Waals surface area contributed by atoms with Crippen LogP contribution in [0.5, 0.6) is 0 Å². The Hall–Kier alpha value is -3.70. The molecule has 4 fully saturated rings. The number of hydrogen-bond acceptors (Lipinski definition) is 18. The molecule has 0 bridgehead atoms. The molecule has 328 valence electrons. The van der Waals surface area contributed by atoms with E-state index in [1.807, 2.05) is 0 Å². The van der Waals surface area contributed by atoms with Gasteiger partial charge >= 0.3 is 21.7 Å². The van der Waals surface area contributed by atoms with E-state index >= 15 is 0 Å². The molecule has 18 nitrogen and oxygen atoms in total. The number of ether oxygens (including phenoxy) is 4. The van der Waals surface area contributed by atoms with E-state index in [1.165, 1.54) is 32.7 Å².